The topological polar surface area (TPSA) is 12.9 Å². The van der Waals surface area contributed by atoms with Gasteiger partial charge in [-0.3, -0.25) is 4.98 Å². The summed E-state index contributed by atoms with van der Waals surface area (Å²) >= 11 is 0. The van der Waals surface area contributed by atoms with Crippen LogP contribution in [0.3, 0.4) is 0 Å². The third-order valence-electron chi connectivity index (χ3n) is 6.34. The predicted molar refractivity (Wildman–Crippen MR) is 105 cm³/mol. The highest BCUT2D eigenvalue weighted by molar-refractivity contribution is 5.56. The van der Waals surface area contributed by atoms with Gasteiger partial charge in [0, 0.05) is 22.4 Å². The lowest BCUT2D eigenvalue weighted by atomic mass is 9.66. The molecule has 2 aliphatic carbocycles. The Hall–Kier alpha value is -1.89. The summed E-state index contributed by atoms with van der Waals surface area (Å²) in [6.07, 6.45) is 9.20. The average molecular weight is 332 g/mol. The average Bonchev–Trinajstić information content (AvgIpc) is 3.34. The van der Waals surface area contributed by atoms with Crippen LogP contribution in [-0.4, -0.2) is 4.98 Å². The number of rotatable bonds is 2. The van der Waals surface area contributed by atoms with Gasteiger partial charge in [0.2, 0.25) is 0 Å². The summed E-state index contributed by atoms with van der Waals surface area (Å²) in [5.41, 5.74) is 8.66. The normalized spacial score (nSPS) is 21.7. The second-order valence-electron chi connectivity index (χ2n) is 9.29. The molecule has 0 radical (unpaired) electrons. The maximum atomic E-state index is 4.79. The molecule has 1 aromatic carbocycles. The van der Waals surface area contributed by atoms with E-state index >= 15 is 0 Å². The zero-order chi connectivity index (χ0) is 18.0. The lowest BCUT2D eigenvalue weighted by Crippen LogP contribution is -2.30. The van der Waals surface area contributed by atoms with E-state index in [1.54, 1.807) is 0 Å². The Morgan fingerprint density at radius 1 is 0.800 bits per heavy atom. The van der Waals surface area contributed by atoms with Crippen LogP contribution in [0.25, 0.3) is 0 Å². The number of pyridine rings is 1. The molecule has 1 heteroatoms. The van der Waals surface area contributed by atoms with E-state index in [4.69, 9.17) is 4.98 Å². The molecule has 0 spiro atoms. The fraction of sp³-hybridized carbons (Fsp3) is 0.458. The molecule has 0 atom stereocenters. The van der Waals surface area contributed by atoms with Crippen molar-refractivity contribution >= 4 is 0 Å². The van der Waals surface area contributed by atoms with Crippen molar-refractivity contribution < 1.29 is 0 Å². The van der Waals surface area contributed by atoms with Gasteiger partial charge in [0.05, 0.1) is 5.69 Å². The zero-order valence-corrected chi connectivity index (χ0v) is 16.4. The molecule has 0 amide bonds. The van der Waals surface area contributed by atoms with Gasteiger partial charge in [-0.15, -0.1) is 0 Å². The quantitative estimate of drug-likeness (QED) is 0.624. The van der Waals surface area contributed by atoms with Gasteiger partial charge in [-0.05, 0) is 60.6 Å². The molecule has 4 rings (SSSR count). The van der Waals surface area contributed by atoms with Crippen molar-refractivity contribution in [1.29, 1.82) is 0 Å². The smallest absolute Gasteiger partial charge is 0.0509 e. The van der Waals surface area contributed by atoms with Crippen molar-refractivity contribution in [2.45, 2.75) is 70.6 Å². The van der Waals surface area contributed by atoms with Crippen LogP contribution in [0, 0.1) is 13.8 Å². The Balaban J connectivity index is 1.90. The molecule has 1 nitrogen and oxygen atoms in total. The first kappa shape index (κ1) is 16.6. The Morgan fingerprint density at radius 3 is 1.92 bits per heavy atom. The van der Waals surface area contributed by atoms with Crippen LogP contribution in [0.1, 0.15) is 74.0 Å². The Bertz CT molecular complexity index is 862. The molecule has 1 aromatic heterocycles. The van der Waals surface area contributed by atoms with Crippen LogP contribution in [0.15, 0.2) is 42.6 Å². The minimum Gasteiger partial charge on any atom is -0.260 e. The Labute approximate surface area is 152 Å². The molecule has 1 fully saturated rings. The van der Waals surface area contributed by atoms with Gasteiger partial charge in [0.15, 0.2) is 0 Å². The molecule has 25 heavy (non-hydrogen) atoms. The largest absolute Gasteiger partial charge is 0.260 e. The van der Waals surface area contributed by atoms with Gasteiger partial charge >= 0.3 is 0 Å². The van der Waals surface area contributed by atoms with E-state index in [2.05, 4.69) is 78.0 Å². The summed E-state index contributed by atoms with van der Waals surface area (Å²) in [7, 11) is 0. The summed E-state index contributed by atoms with van der Waals surface area (Å²) in [4.78, 5) is 4.79. The van der Waals surface area contributed by atoms with E-state index in [1.165, 1.54) is 46.4 Å². The highest BCUT2D eigenvalue weighted by atomic mass is 14.7. The minimum absolute atomic E-state index is 0.0874. The molecular formula is C24H29N. The zero-order valence-electron chi connectivity index (χ0n) is 16.4. The molecule has 0 saturated heterocycles. The van der Waals surface area contributed by atoms with Gasteiger partial charge in [0.1, 0.15) is 0 Å². The Morgan fingerprint density at radius 2 is 1.40 bits per heavy atom. The van der Waals surface area contributed by atoms with Crippen molar-refractivity contribution in [3.05, 3.63) is 76.1 Å². The second kappa shape index (κ2) is 5.06. The number of aryl methyl sites for hydroxylation is 2. The van der Waals surface area contributed by atoms with Gasteiger partial charge in [-0.25, -0.2) is 0 Å². The first-order valence-corrected chi connectivity index (χ1v) is 9.45. The number of nitrogens with zero attached hydrogens (tertiary/aromatic N) is 1. The number of hydrogen-bond donors (Lipinski definition) is 0. The van der Waals surface area contributed by atoms with Crippen LogP contribution < -0.4 is 0 Å². The van der Waals surface area contributed by atoms with Crippen molar-refractivity contribution in [3.63, 3.8) is 0 Å². The monoisotopic (exact) mass is 331 g/mol. The van der Waals surface area contributed by atoms with E-state index < -0.39 is 0 Å². The third kappa shape index (κ3) is 2.47. The van der Waals surface area contributed by atoms with Crippen LogP contribution in [0.5, 0.6) is 0 Å². The summed E-state index contributed by atoms with van der Waals surface area (Å²) in [5.74, 6) is 0. The maximum Gasteiger partial charge on any atom is 0.0509 e. The van der Waals surface area contributed by atoms with Crippen molar-refractivity contribution in [1.82, 2.24) is 4.98 Å². The van der Waals surface area contributed by atoms with Crippen LogP contribution in [0.2, 0.25) is 0 Å². The fourth-order valence-electron chi connectivity index (χ4n) is 4.43. The molecule has 0 aliphatic heterocycles. The molecule has 0 N–H and O–H groups in total. The molecule has 1 heterocycles. The van der Waals surface area contributed by atoms with Crippen LogP contribution >= 0.6 is 0 Å². The van der Waals surface area contributed by atoms with Crippen LogP contribution in [-0.2, 0) is 16.2 Å². The highest BCUT2D eigenvalue weighted by Crippen LogP contribution is 2.55. The SMILES string of the molecule is Cc1ccc(C2(c3cc4c(cc3C)C(C)(C)C=CC4(C)C)CC2)nc1. The van der Waals surface area contributed by atoms with Gasteiger partial charge in [-0.2, -0.15) is 0 Å². The van der Waals surface area contributed by atoms with E-state index in [-0.39, 0.29) is 16.2 Å². The summed E-state index contributed by atoms with van der Waals surface area (Å²) in [5, 5.41) is 0. The van der Waals surface area contributed by atoms with Gasteiger partial charge < -0.3 is 0 Å². The highest BCUT2D eigenvalue weighted by Gasteiger charge is 2.49. The first-order valence-electron chi connectivity index (χ1n) is 9.45. The Kier molecular flexibility index (Phi) is 3.36. The van der Waals surface area contributed by atoms with E-state index in [1.807, 2.05) is 6.20 Å². The van der Waals surface area contributed by atoms with Crippen molar-refractivity contribution in [3.8, 4) is 0 Å². The summed E-state index contributed by atoms with van der Waals surface area (Å²) in [6.45, 7) is 13.7. The van der Waals surface area contributed by atoms with Crippen molar-refractivity contribution in [2.24, 2.45) is 0 Å². The number of hydrogen-bond acceptors (Lipinski definition) is 1. The van der Waals surface area contributed by atoms with E-state index in [0.29, 0.717) is 0 Å². The second-order valence-corrected chi connectivity index (χ2v) is 9.29. The van der Waals surface area contributed by atoms with Crippen LogP contribution in [0.4, 0.5) is 0 Å². The molecular weight excluding hydrogens is 302 g/mol. The van der Waals surface area contributed by atoms with Gasteiger partial charge in [0.25, 0.3) is 0 Å². The molecule has 2 aromatic rings. The molecule has 1 saturated carbocycles. The van der Waals surface area contributed by atoms with E-state index in [9.17, 15) is 0 Å². The summed E-state index contributed by atoms with van der Waals surface area (Å²) in [6, 6.07) is 9.39. The lowest BCUT2D eigenvalue weighted by Gasteiger charge is -2.38. The van der Waals surface area contributed by atoms with Crippen molar-refractivity contribution in [2.75, 3.05) is 0 Å². The standard InChI is InChI=1S/C24H29N/c1-16-7-8-21(25-15-16)24(11-12-24)18-14-20-19(13-17(18)2)22(3,4)9-10-23(20,5)6/h7-10,13-15H,11-12H2,1-6H3. The fourth-order valence-corrected chi connectivity index (χ4v) is 4.43. The van der Waals surface area contributed by atoms with Gasteiger partial charge in [-0.1, -0.05) is 58.0 Å². The number of aromatic nitrogens is 1. The summed E-state index contributed by atoms with van der Waals surface area (Å²) < 4.78 is 0. The number of fused-ring (bicyclic) bond motifs is 1. The number of allylic oxidation sites excluding steroid dienone is 2. The third-order valence-corrected chi connectivity index (χ3v) is 6.34. The molecule has 130 valence electrons. The maximum absolute atomic E-state index is 4.79. The lowest BCUT2D eigenvalue weighted by molar-refractivity contribution is 0.560. The minimum atomic E-state index is 0.0874. The predicted octanol–water partition coefficient (Wildman–Crippen LogP) is 5.90. The number of benzene rings is 1. The van der Waals surface area contributed by atoms with E-state index in [0.717, 1.165) is 0 Å². The molecule has 0 unspecified atom stereocenters. The first-order chi connectivity index (χ1) is 11.7. The molecule has 2 aliphatic rings. The molecule has 0 bridgehead atoms.